The molecule has 0 radical (unpaired) electrons. The lowest BCUT2D eigenvalue weighted by atomic mass is 10.2. The van der Waals surface area contributed by atoms with Crippen molar-refractivity contribution in [1.29, 1.82) is 0 Å². The molecule has 90 valence electrons. The third kappa shape index (κ3) is 1.96. The molecular formula is C14H11ClN2S. The zero-order valence-corrected chi connectivity index (χ0v) is 11.3. The van der Waals surface area contributed by atoms with Crippen LogP contribution < -0.4 is 5.73 Å². The lowest BCUT2D eigenvalue weighted by Crippen LogP contribution is -1.86. The van der Waals surface area contributed by atoms with Gasteiger partial charge in [-0.05, 0) is 42.8 Å². The molecule has 0 amide bonds. The van der Waals surface area contributed by atoms with Crippen LogP contribution in [0.5, 0.6) is 0 Å². The van der Waals surface area contributed by atoms with Gasteiger partial charge < -0.3 is 5.73 Å². The minimum atomic E-state index is 0.572. The molecule has 0 saturated carbocycles. The number of rotatable bonds is 1. The van der Waals surface area contributed by atoms with Crippen LogP contribution in [0, 0.1) is 6.92 Å². The van der Waals surface area contributed by atoms with E-state index in [-0.39, 0.29) is 0 Å². The molecule has 0 aliphatic carbocycles. The van der Waals surface area contributed by atoms with E-state index in [1.165, 1.54) is 10.3 Å². The van der Waals surface area contributed by atoms with Gasteiger partial charge in [-0.3, -0.25) is 0 Å². The molecule has 0 atom stereocenters. The average molecular weight is 275 g/mol. The van der Waals surface area contributed by atoms with Crippen molar-refractivity contribution in [3.05, 3.63) is 47.0 Å². The fraction of sp³-hybridized carbons (Fsp3) is 0.0714. The number of aromatic nitrogens is 1. The second-order valence-corrected chi connectivity index (χ2v) is 5.66. The molecule has 18 heavy (non-hydrogen) atoms. The summed E-state index contributed by atoms with van der Waals surface area (Å²) in [7, 11) is 0. The molecule has 0 fully saturated rings. The first-order valence-corrected chi connectivity index (χ1v) is 6.75. The SMILES string of the molecule is Cc1ccc2sc(-c3ccc(N)c(Cl)c3)nc2c1. The van der Waals surface area contributed by atoms with Crippen molar-refractivity contribution >= 4 is 38.8 Å². The standard InChI is InChI=1S/C14H11ClN2S/c1-8-2-5-13-12(6-8)17-14(18-13)9-3-4-11(16)10(15)7-9/h2-7H,16H2,1H3. The maximum Gasteiger partial charge on any atom is 0.124 e. The summed E-state index contributed by atoms with van der Waals surface area (Å²) >= 11 is 7.70. The summed E-state index contributed by atoms with van der Waals surface area (Å²) in [4.78, 5) is 4.63. The molecule has 1 aromatic heterocycles. The Morgan fingerprint density at radius 3 is 2.78 bits per heavy atom. The number of nitrogens with zero attached hydrogens (tertiary/aromatic N) is 1. The van der Waals surface area contributed by atoms with Gasteiger partial charge in [0.05, 0.1) is 20.9 Å². The van der Waals surface area contributed by atoms with Crippen LogP contribution in [0.3, 0.4) is 0 Å². The fourth-order valence-corrected chi connectivity index (χ4v) is 2.94. The molecule has 4 heteroatoms. The summed E-state index contributed by atoms with van der Waals surface area (Å²) in [5.41, 5.74) is 9.56. The number of aryl methyl sites for hydroxylation is 1. The zero-order valence-electron chi connectivity index (χ0n) is 9.77. The van der Waals surface area contributed by atoms with Crippen molar-refractivity contribution in [2.24, 2.45) is 0 Å². The maximum absolute atomic E-state index is 6.04. The van der Waals surface area contributed by atoms with Gasteiger partial charge in [0.1, 0.15) is 5.01 Å². The Kier molecular flexibility index (Phi) is 2.73. The van der Waals surface area contributed by atoms with Crippen LogP contribution >= 0.6 is 22.9 Å². The Bertz CT molecular complexity index is 734. The number of halogens is 1. The number of anilines is 1. The summed E-state index contributed by atoms with van der Waals surface area (Å²) in [6, 6.07) is 11.9. The van der Waals surface area contributed by atoms with Gasteiger partial charge in [0, 0.05) is 5.56 Å². The highest BCUT2D eigenvalue weighted by atomic mass is 35.5. The van der Waals surface area contributed by atoms with Crippen molar-refractivity contribution in [3.63, 3.8) is 0 Å². The summed E-state index contributed by atoms with van der Waals surface area (Å²) in [6.45, 7) is 2.07. The Hall–Kier alpha value is -1.58. The van der Waals surface area contributed by atoms with Crippen molar-refractivity contribution in [2.75, 3.05) is 5.73 Å². The van der Waals surface area contributed by atoms with Crippen LogP contribution in [0.4, 0.5) is 5.69 Å². The van der Waals surface area contributed by atoms with Crippen molar-refractivity contribution in [1.82, 2.24) is 4.98 Å². The number of nitrogens with two attached hydrogens (primary N) is 1. The first-order valence-electron chi connectivity index (χ1n) is 5.56. The van der Waals surface area contributed by atoms with Gasteiger partial charge in [-0.2, -0.15) is 0 Å². The van der Waals surface area contributed by atoms with E-state index < -0.39 is 0 Å². The molecule has 0 spiro atoms. The van der Waals surface area contributed by atoms with Crippen molar-refractivity contribution in [2.45, 2.75) is 6.92 Å². The second kappa shape index (κ2) is 4.26. The van der Waals surface area contributed by atoms with Crippen molar-refractivity contribution in [3.8, 4) is 10.6 Å². The van der Waals surface area contributed by atoms with Gasteiger partial charge in [-0.15, -0.1) is 11.3 Å². The van der Waals surface area contributed by atoms with Crippen LogP contribution in [0.2, 0.25) is 5.02 Å². The molecule has 0 bridgehead atoms. The second-order valence-electron chi connectivity index (χ2n) is 4.23. The van der Waals surface area contributed by atoms with Gasteiger partial charge in [0.25, 0.3) is 0 Å². The predicted molar refractivity (Wildman–Crippen MR) is 79.2 cm³/mol. The molecule has 3 aromatic rings. The average Bonchev–Trinajstić information content (AvgIpc) is 2.75. The van der Waals surface area contributed by atoms with E-state index in [0.717, 1.165) is 16.1 Å². The van der Waals surface area contributed by atoms with Gasteiger partial charge in [-0.25, -0.2) is 4.98 Å². The molecule has 3 rings (SSSR count). The number of benzene rings is 2. The summed E-state index contributed by atoms with van der Waals surface area (Å²) in [5.74, 6) is 0. The Morgan fingerprint density at radius 2 is 2.00 bits per heavy atom. The van der Waals surface area contributed by atoms with E-state index in [0.29, 0.717) is 10.7 Å². The molecule has 2 aromatic carbocycles. The number of hydrogen-bond acceptors (Lipinski definition) is 3. The van der Waals surface area contributed by atoms with E-state index in [1.807, 2.05) is 18.2 Å². The number of nitrogen functional groups attached to an aromatic ring is 1. The lowest BCUT2D eigenvalue weighted by Gasteiger charge is -1.99. The topological polar surface area (TPSA) is 38.9 Å². The van der Waals surface area contributed by atoms with Crippen LogP contribution in [-0.4, -0.2) is 4.98 Å². The fourth-order valence-electron chi connectivity index (χ4n) is 1.82. The highest BCUT2D eigenvalue weighted by molar-refractivity contribution is 7.21. The molecule has 2 N–H and O–H groups in total. The molecule has 0 saturated heterocycles. The number of fused-ring (bicyclic) bond motifs is 1. The monoisotopic (exact) mass is 274 g/mol. The van der Waals surface area contributed by atoms with E-state index in [4.69, 9.17) is 17.3 Å². The molecular weight excluding hydrogens is 264 g/mol. The van der Waals surface area contributed by atoms with Gasteiger partial charge in [0.2, 0.25) is 0 Å². The van der Waals surface area contributed by atoms with Crippen LogP contribution in [0.1, 0.15) is 5.56 Å². The maximum atomic E-state index is 6.04. The number of thiazole rings is 1. The van der Waals surface area contributed by atoms with Crippen molar-refractivity contribution < 1.29 is 0 Å². The molecule has 2 nitrogen and oxygen atoms in total. The largest absolute Gasteiger partial charge is 0.398 e. The summed E-state index contributed by atoms with van der Waals surface area (Å²) in [5, 5.41) is 1.54. The van der Waals surface area contributed by atoms with Crippen LogP contribution in [-0.2, 0) is 0 Å². The van der Waals surface area contributed by atoms with E-state index in [2.05, 4.69) is 30.1 Å². The molecule has 0 aliphatic heterocycles. The minimum Gasteiger partial charge on any atom is -0.398 e. The minimum absolute atomic E-state index is 0.572. The summed E-state index contributed by atoms with van der Waals surface area (Å²) < 4.78 is 1.18. The molecule has 0 unspecified atom stereocenters. The normalized spacial score (nSPS) is 11.0. The Labute approximate surface area is 114 Å². The van der Waals surface area contributed by atoms with E-state index in [9.17, 15) is 0 Å². The van der Waals surface area contributed by atoms with Gasteiger partial charge in [-0.1, -0.05) is 17.7 Å². The molecule has 1 heterocycles. The zero-order chi connectivity index (χ0) is 12.7. The summed E-state index contributed by atoms with van der Waals surface area (Å²) in [6.07, 6.45) is 0. The Morgan fingerprint density at radius 1 is 1.17 bits per heavy atom. The molecule has 0 aliphatic rings. The first kappa shape index (κ1) is 11.5. The van der Waals surface area contributed by atoms with Crippen LogP contribution in [0.15, 0.2) is 36.4 Å². The smallest absolute Gasteiger partial charge is 0.124 e. The third-order valence-electron chi connectivity index (χ3n) is 2.79. The van der Waals surface area contributed by atoms with Crippen LogP contribution in [0.25, 0.3) is 20.8 Å². The lowest BCUT2D eigenvalue weighted by molar-refractivity contribution is 1.44. The number of hydrogen-bond donors (Lipinski definition) is 1. The highest BCUT2D eigenvalue weighted by Crippen LogP contribution is 2.33. The quantitative estimate of drug-likeness (QED) is 0.663. The third-order valence-corrected chi connectivity index (χ3v) is 4.20. The Balaban J connectivity index is 2.16. The highest BCUT2D eigenvalue weighted by Gasteiger charge is 2.07. The van der Waals surface area contributed by atoms with Gasteiger partial charge in [0.15, 0.2) is 0 Å². The predicted octanol–water partition coefficient (Wildman–Crippen LogP) is 4.51. The first-order chi connectivity index (χ1) is 8.63. The van der Waals surface area contributed by atoms with E-state index in [1.54, 1.807) is 11.3 Å². The van der Waals surface area contributed by atoms with Gasteiger partial charge >= 0.3 is 0 Å². The van der Waals surface area contributed by atoms with E-state index >= 15 is 0 Å².